The summed E-state index contributed by atoms with van der Waals surface area (Å²) in [6.45, 7) is 6.07. The maximum absolute atomic E-state index is 12.8. The Balaban J connectivity index is 1.89. The van der Waals surface area contributed by atoms with E-state index < -0.39 is 21.9 Å². The van der Waals surface area contributed by atoms with Crippen LogP contribution < -0.4 is 4.72 Å². The first-order valence-electron chi connectivity index (χ1n) is 8.20. The van der Waals surface area contributed by atoms with Gasteiger partial charge in [-0.15, -0.1) is 0 Å². The Morgan fingerprint density at radius 3 is 2.11 bits per heavy atom. The zero-order valence-electron chi connectivity index (χ0n) is 15.0. The molecule has 0 aliphatic carbocycles. The molecular formula is C19H19F3N2O2S. The number of aromatic nitrogens is 1. The summed E-state index contributed by atoms with van der Waals surface area (Å²) in [6.07, 6.45) is -4.49. The van der Waals surface area contributed by atoms with Crippen LogP contribution in [0.3, 0.4) is 0 Å². The largest absolute Gasteiger partial charge is 0.431 e. The van der Waals surface area contributed by atoms with Crippen molar-refractivity contribution in [2.75, 3.05) is 4.72 Å². The van der Waals surface area contributed by atoms with E-state index in [9.17, 15) is 21.6 Å². The van der Waals surface area contributed by atoms with Crippen LogP contribution in [0.15, 0.2) is 53.4 Å². The Morgan fingerprint density at radius 1 is 0.926 bits per heavy atom. The molecule has 0 amide bonds. The maximum Gasteiger partial charge on any atom is 0.431 e. The van der Waals surface area contributed by atoms with Crippen molar-refractivity contribution in [2.45, 2.75) is 37.3 Å². The number of aromatic amines is 1. The fourth-order valence-electron chi connectivity index (χ4n) is 2.70. The van der Waals surface area contributed by atoms with Crippen LogP contribution >= 0.6 is 0 Å². The fraction of sp³-hybridized carbons (Fsp3) is 0.263. The molecule has 1 heterocycles. The van der Waals surface area contributed by atoms with E-state index in [4.69, 9.17) is 0 Å². The van der Waals surface area contributed by atoms with E-state index in [-0.39, 0.29) is 26.9 Å². The third-order valence-electron chi connectivity index (χ3n) is 4.21. The number of rotatable bonds is 3. The summed E-state index contributed by atoms with van der Waals surface area (Å²) in [5, 5.41) is 0.269. The van der Waals surface area contributed by atoms with Crippen LogP contribution in [0.5, 0.6) is 0 Å². The third-order valence-corrected chi connectivity index (χ3v) is 5.61. The highest BCUT2D eigenvalue weighted by Gasteiger charge is 2.32. The fourth-order valence-corrected chi connectivity index (χ4v) is 3.75. The summed E-state index contributed by atoms with van der Waals surface area (Å²) in [6, 6.07) is 11.7. The van der Waals surface area contributed by atoms with Gasteiger partial charge < -0.3 is 4.98 Å². The first kappa shape index (κ1) is 19.3. The Morgan fingerprint density at radius 2 is 1.56 bits per heavy atom. The van der Waals surface area contributed by atoms with Crippen molar-refractivity contribution in [3.8, 4) is 0 Å². The number of sulfonamides is 1. The van der Waals surface area contributed by atoms with Crippen LogP contribution in [0.2, 0.25) is 0 Å². The maximum atomic E-state index is 12.8. The van der Waals surface area contributed by atoms with Gasteiger partial charge in [-0.25, -0.2) is 8.42 Å². The molecule has 0 fully saturated rings. The van der Waals surface area contributed by atoms with Crippen molar-refractivity contribution in [3.63, 3.8) is 0 Å². The predicted molar refractivity (Wildman–Crippen MR) is 99.3 cm³/mol. The van der Waals surface area contributed by atoms with Gasteiger partial charge in [0, 0.05) is 16.6 Å². The normalized spacial score (nSPS) is 13.1. The van der Waals surface area contributed by atoms with Gasteiger partial charge in [0.2, 0.25) is 0 Å². The van der Waals surface area contributed by atoms with Crippen molar-refractivity contribution < 1.29 is 21.6 Å². The molecule has 2 aromatic carbocycles. The lowest BCUT2D eigenvalue weighted by molar-refractivity contribution is -0.140. The van der Waals surface area contributed by atoms with Crippen LogP contribution in [0.4, 0.5) is 18.9 Å². The van der Waals surface area contributed by atoms with Crippen molar-refractivity contribution in [3.05, 3.63) is 59.8 Å². The highest BCUT2D eigenvalue weighted by Crippen LogP contribution is 2.32. The van der Waals surface area contributed by atoms with Crippen LogP contribution in [0.25, 0.3) is 10.9 Å². The molecule has 144 valence electrons. The van der Waals surface area contributed by atoms with Gasteiger partial charge in [0.25, 0.3) is 10.0 Å². The summed E-state index contributed by atoms with van der Waals surface area (Å²) < 4.78 is 65.9. The zero-order chi connectivity index (χ0) is 20.0. The molecule has 4 nitrogen and oxygen atoms in total. The monoisotopic (exact) mass is 396 g/mol. The van der Waals surface area contributed by atoms with E-state index in [0.29, 0.717) is 0 Å². The number of hydrogen-bond acceptors (Lipinski definition) is 2. The molecule has 8 heteroatoms. The summed E-state index contributed by atoms with van der Waals surface area (Å²) in [5.41, 5.74) is 0.477. The molecule has 2 N–H and O–H groups in total. The molecule has 0 aliphatic heterocycles. The molecule has 0 bridgehead atoms. The lowest BCUT2D eigenvalue weighted by Gasteiger charge is -2.19. The number of hydrogen-bond donors (Lipinski definition) is 2. The van der Waals surface area contributed by atoms with E-state index in [2.05, 4.69) is 9.71 Å². The van der Waals surface area contributed by atoms with E-state index in [1.807, 2.05) is 20.8 Å². The van der Waals surface area contributed by atoms with Gasteiger partial charge in [0.1, 0.15) is 5.69 Å². The summed E-state index contributed by atoms with van der Waals surface area (Å²) in [5.74, 6) is 0. The minimum atomic E-state index is -4.49. The minimum absolute atomic E-state index is 0.0839. The lowest BCUT2D eigenvalue weighted by Crippen LogP contribution is -2.14. The predicted octanol–water partition coefficient (Wildman–Crippen LogP) is 5.29. The second-order valence-corrected chi connectivity index (χ2v) is 9.05. The van der Waals surface area contributed by atoms with Crippen molar-refractivity contribution in [2.24, 2.45) is 0 Å². The Kier molecular flexibility index (Phi) is 4.50. The number of anilines is 1. The van der Waals surface area contributed by atoms with Gasteiger partial charge in [0.15, 0.2) is 0 Å². The van der Waals surface area contributed by atoms with E-state index in [1.165, 1.54) is 30.3 Å². The Labute approximate surface area is 155 Å². The lowest BCUT2D eigenvalue weighted by atomic mass is 9.87. The molecule has 0 spiro atoms. The average Bonchev–Trinajstić information content (AvgIpc) is 2.97. The molecule has 0 saturated heterocycles. The van der Waals surface area contributed by atoms with Gasteiger partial charge in [-0.2, -0.15) is 13.2 Å². The van der Waals surface area contributed by atoms with Gasteiger partial charge in [-0.3, -0.25) is 4.72 Å². The molecule has 3 rings (SSSR count). The standard InChI is InChI=1S/C19H19F3N2O2S/c1-18(2,3)13-4-7-15(8-5-13)27(25,26)24-14-6-9-16-12(10-14)11-17(23-16)19(20,21)22/h4-11,23-24H,1-3H3. The number of nitrogens with one attached hydrogen (secondary N) is 2. The van der Waals surface area contributed by atoms with Crippen LogP contribution in [-0.4, -0.2) is 13.4 Å². The second-order valence-electron chi connectivity index (χ2n) is 7.36. The molecule has 3 aromatic rings. The van der Waals surface area contributed by atoms with E-state index >= 15 is 0 Å². The van der Waals surface area contributed by atoms with Gasteiger partial charge in [-0.1, -0.05) is 32.9 Å². The molecule has 1 aromatic heterocycles. The second kappa shape index (κ2) is 6.30. The average molecular weight is 396 g/mol. The number of halogens is 3. The van der Waals surface area contributed by atoms with Crippen LogP contribution in [0.1, 0.15) is 32.0 Å². The van der Waals surface area contributed by atoms with Gasteiger partial charge in [-0.05, 0) is 47.4 Å². The summed E-state index contributed by atoms with van der Waals surface area (Å²) >= 11 is 0. The highest BCUT2D eigenvalue weighted by atomic mass is 32.2. The first-order valence-corrected chi connectivity index (χ1v) is 9.68. The topological polar surface area (TPSA) is 62.0 Å². The summed E-state index contributed by atoms with van der Waals surface area (Å²) in [7, 11) is -3.85. The molecular weight excluding hydrogens is 377 g/mol. The van der Waals surface area contributed by atoms with Crippen LogP contribution in [-0.2, 0) is 21.6 Å². The molecule has 0 saturated carbocycles. The molecule has 27 heavy (non-hydrogen) atoms. The van der Waals surface area contributed by atoms with Gasteiger partial charge in [0.05, 0.1) is 4.90 Å². The molecule has 0 aliphatic rings. The molecule has 0 atom stereocenters. The number of benzene rings is 2. The summed E-state index contributed by atoms with van der Waals surface area (Å²) in [4.78, 5) is 2.36. The number of fused-ring (bicyclic) bond motifs is 1. The van der Waals surface area contributed by atoms with E-state index in [0.717, 1.165) is 11.6 Å². The van der Waals surface area contributed by atoms with E-state index in [1.54, 1.807) is 12.1 Å². The smallest absolute Gasteiger partial charge is 0.351 e. The molecule has 0 unspecified atom stereocenters. The van der Waals surface area contributed by atoms with Crippen molar-refractivity contribution in [1.29, 1.82) is 0 Å². The molecule has 0 radical (unpaired) electrons. The number of alkyl halides is 3. The number of H-pyrrole nitrogens is 1. The van der Waals surface area contributed by atoms with Crippen molar-refractivity contribution in [1.82, 2.24) is 4.98 Å². The Bertz CT molecular complexity index is 1080. The minimum Gasteiger partial charge on any atom is -0.351 e. The zero-order valence-corrected chi connectivity index (χ0v) is 15.8. The SMILES string of the molecule is CC(C)(C)c1ccc(S(=O)(=O)Nc2ccc3[nH]c(C(F)(F)F)cc3c2)cc1. The highest BCUT2D eigenvalue weighted by molar-refractivity contribution is 7.92. The quantitative estimate of drug-likeness (QED) is 0.632. The first-order chi connectivity index (χ1) is 12.4. The Hall–Kier alpha value is -2.48. The van der Waals surface area contributed by atoms with Crippen LogP contribution in [0, 0.1) is 0 Å². The third kappa shape index (κ3) is 4.10. The van der Waals surface area contributed by atoms with Gasteiger partial charge >= 0.3 is 6.18 Å². The van der Waals surface area contributed by atoms with Crippen molar-refractivity contribution >= 4 is 26.6 Å².